The maximum Gasteiger partial charge on any atom is 0.0479 e. The van der Waals surface area contributed by atoms with Crippen molar-refractivity contribution in [3.8, 4) is 0 Å². The molecule has 94 valence electrons. The number of hydrogen-bond acceptors (Lipinski definition) is 3. The first-order chi connectivity index (χ1) is 8.22. The van der Waals surface area contributed by atoms with E-state index in [1.54, 1.807) is 7.11 Å². The van der Waals surface area contributed by atoms with Gasteiger partial charge in [-0.3, -0.25) is 0 Å². The number of fused-ring (bicyclic) bond motifs is 1. The number of rotatable bonds is 5. The summed E-state index contributed by atoms with van der Waals surface area (Å²) in [5.74, 6) is 0. The van der Waals surface area contributed by atoms with Crippen LogP contribution in [0.15, 0.2) is 18.2 Å². The molecule has 3 nitrogen and oxygen atoms in total. The van der Waals surface area contributed by atoms with E-state index in [1.807, 2.05) is 6.92 Å². The van der Waals surface area contributed by atoms with E-state index in [9.17, 15) is 0 Å². The van der Waals surface area contributed by atoms with Gasteiger partial charge in [-0.15, -0.1) is 0 Å². The van der Waals surface area contributed by atoms with Gasteiger partial charge in [0.15, 0.2) is 0 Å². The fourth-order valence-corrected chi connectivity index (χ4v) is 2.41. The molecule has 0 radical (unpaired) electrons. The third kappa shape index (κ3) is 2.79. The minimum atomic E-state index is 0.128. The summed E-state index contributed by atoms with van der Waals surface area (Å²) in [5.41, 5.74) is 9.97. The van der Waals surface area contributed by atoms with E-state index >= 15 is 0 Å². The summed E-state index contributed by atoms with van der Waals surface area (Å²) in [6.45, 7) is 5.08. The molecule has 0 bridgehead atoms. The number of methoxy groups -OCH3 is 1. The van der Waals surface area contributed by atoms with Crippen LogP contribution in [0.3, 0.4) is 0 Å². The number of nitrogens with zero attached hydrogens (tertiary/aromatic N) is 1. The number of benzene rings is 1. The van der Waals surface area contributed by atoms with Gasteiger partial charge in [0.25, 0.3) is 0 Å². The van der Waals surface area contributed by atoms with Crippen LogP contribution in [0.5, 0.6) is 0 Å². The molecule has 0 saturated carbocycles. The molecule has 1 aliphatic heterocycles. The van der Waals surface area contributed by atoms with Crippen molar-refractivity contribution in [3.63, 3.8) is 0 Å². The number of hydrogen-bond donors (Lipinski definition) is 1. The molecule has 1 heterocycles. The van der Waals surface area contributed by atoms with E-state index in [4.69, 9.17) is 10.5 Å². The molecule has 2 rings (SSSR count). The smallest absolute Gasteiger partial charge is 0.0479 e. The van der Waals surface area contributed by atoms with Crippen LogP contribution in [-0.4, -0.2) is 26.8 Å². The van der Waals surface area contributed by atoms with Crippen molar-refractivity contribution in [2.75, 3.05) is 31.7 Å². The average Bonchev–Trinajstić information content (AvgIpc) is 2.72. The predicted molar refractivity (Wildman–Crippen MR) is 71.5 cm³/mol. The lowest BCUT2D eigenvalue weighted by Crippen LogP contribution is -2.22. The van der Waals surface area contributed by atoms with Gasteiger partial charge in [-0.05, 0) is 37.0 Å². The molecule has 0 spiro atoms. The van der Waals surface area contributed by atoms with Crippen LogP contribution in [0, 0.1) is 0 Å². The van der Waals surface area contributed by atoms with E-state index in [0.29, 0.717) is 0 Å². The van der Waals surface area contributed by atoms with Gasteiger partial charge in [0, 0.05) is 38.5 Å². The Morgan fingerprint density at radius 3 is 3.00 bits per heavy atom. The van der Waals surface area contributed by atoms with Crippen molar-refractivity contribution < 1.29 is 4.74 Å². The van der Waals surface area contributed by atoms with Crippen molar-refractivity contribution >= 4 is 5.69 Å². The molecule has 0 amide bonds. The fourth-order valence-electron chi connectivity index (χ4n) is 2.41. The van der Waals surface area contributed by atoms with Gasteiger partial charge < -0.3 is 15.4 Å². The van der Waals surface area contributed by atoms with Crippen molar-refractivity contribution in [1.82, 2.24) is 0 Å². The normalized spacial score (nSPS) is 16.1. The topological polar surface area (TPSA) is 38.5 Å². The molecular weight excluding hydrogens is 212 g/mol. The Bertz CT molecular complexity index is 376. The molecule has 0 aromatic heterocycles. The number of nitrogens with two attached hydrogens (primary N) is 1. The second-order valence-electron chi connectivity index (χ2n) is 4.76. The highest BCUT2D eigenvalue weighted by molar-refractivity contribution is 5.59. The molecule has 1 unspecified atom stereocenters. The van der Waals surface area contributed by atoms with Crippen LogP contribution < -0.4 is 10.6 Å². The Morgan fingerprint density at radius 2 is 2.29 bits per heavy atom. The van der Waals surface area contributed by atoms with Gasteiger partial charge in [0.05, 0.1) is 0 Å². The van der Waals surface area contributed by atoms with Gasteiger partial charge in [-0.1, -0.05) is 12.1 Å². The molecule has 2 N–H and O–H groups in total. The van der Waals surface area contributed by atoms with Crippen LogP contribution in [0.4, 0.5) is 5.69 Å². The van der Waals surface area contributed by atoms with Gasteiger partial charge in [0.1, 0.15) is 0 Å². The van der Waals surface area contributed by atoms with Crippen LogP contribution in [0.25, 0.3) is 0 Å². The van der Waals surface area contributed by atoms with Crippen LogP contribution >= 0.6 is 0 Å². The summed E-state index contributed by atoms with van der Waals surface area (Å²) < 4.78 is 5.10. The SMILES string of the molecule is COCCCN1CCc2cc(C(C)N)ccc21. The lowest BCUT2D eigenvalue weighted by molar-refractivity contribution is 0.196. The summed E-state index contributed by atoms with van der Waals surface area (Å²) in [4.78, 5) is 2.44. The highest BCUT2D eigenvalue weighted by atomic mass is 16.5. The lowest BCUT2D eigenvalue weighted by Gasteiger charge is -2.19. The predicted octanol–water partition coefficient (Wildman–Crippen LogP) is 2.11. The lowest BCUT2D eigenvalue weighted by atomic mass is 10.0. The standard InChI is InChI=1S/C14H22N2O/c1-11(15)12-4-5-14-13(10-12)6-8-16(14)7-3-9-17-2/h4-5,10-11H,3,6-9,15H2,1-2H3. The largest absolute Gasteiger partial charge is 0.385 e. The van der Waals surface area contributed by atoms with E-state index in [2.05, 4.69) is 23.1 Å². The van der Waals surface area contributed by atoms with Crippen LogP contribution in [-0.2, 0) is 11.2 Å². The van der Waals surface area contributed by atoms with Gasteiger partial charge in [-0.2, -0.15) is 0 Å². The Labute approximate surface area is 104 Å². The number of ether oxygens (including phenoxy) is 1. The van der Waals surface area contributed by atoms with Crippen molar-refractivity contribution in [2.24, 2.45) is 5.73 Å². The summed E-state index contributed by atoms with van der Waals surface area (Å²) in [6, 6.07) is 6.75. The summed E-state index contributed by atoms with van der Waals surface area (Å²) >= 11 is 0. The van der Waals surface area contributed by atoms with Crippen molar-refractivity contribution in [1.29, 1.82) is 0 Å². The molecule has 17 heavy (non-hydrogen) atoms. The van der Waals surface area contributed by atoms with Gasteiger partial charge in [0.2, 0.25) is 0 Å². The minimum absolute atomic E-state index is 0.128. The molecule has 1 atom stereocenters. The molecule has 0 aliphatic carbocycles. The number of anilines is 1. The third-order valence-electron chi connectivity index (χ3n) is 3.40. The Morgan fingerprint density at radius 1 is 1.47 bits per heavy atom. The highest BCUT2D eigenvalue weighted by Crippen LogP contribution is 2.30. The highest BCUT2D eigenvalue weighted by Gasteiger charge is 2.19. The monoisotopic (exact) mass is 234 g/mol. The molecule has 0 fully saturated rings. The van der Waals surface area contributed by atoms with Crippen LogP contribution in [0.2, 0.25) is 0 Å². The Kier molecular flexibility index (Phi) is 4.02. The zero-order chi connectivity index (χ0) is 12.3. The van der Waals surface area contributed by atoms with E-state index < -0.39 is 0 Å². The average molecular weight is 234 g/mol. The molecule has 3 heteroatoms. The molecule has 1 aromatic carbocycles. The second-order valence-corrected chi connectivity index (χ2v) is 4.76. The van der Waals surface area contributed by atoms with Crippen molar-refractivity contribution in [2.45, 2.75) is 25.8 Å². The maximum absolute atomic E-state index is 5.91. The first-order valence-electron chi connectivity index (χ1n) is 6.34. The second kappa shape index (κ2) is 5.52. The summed E-state index contributed by atoms with van der Waals surface area (Å²) in [6.07, 6.45) is 2.23. The van der Waals surface area contributed by atoms with E-state index in [-0.39, 0.29) is 6.04 Å². The van der Waals surface area contributed by atoms with E-state index in [1.165, 1.54) is 16.8 Å². The Hall–Kier alpha value is -1.06. The molecule has 0 saturated heterocycles. The Balaban J connectivity index is 2.05. The summed E-state index contributed by atoms with van der Waals surface area (Å²) in [7, 11) is 1.76. The quantitative estimate of drug-likeness (QED) is 0.793. The molecular formula is C14H22N2O. The van der Waals surface area contributed by atoms with Gasteiger partial charge in [-0.25, -0.2) is 0 Å². The zero-order valence-corrected chi connectivity index (χ0v) is 10.8. The zero-order valence-electron chi connectivity index (χ0n) is 10.8. The fraction of sp³-hybridized carbons (Fsp3) is 0.571. The minimum Gasteiger partial charge on any atom is -0.385 e. The third-order valence-corrected chi connectivity index (χ3v) is 3.40. The van der Waals surface area contributed by atoms with Crippen LogP contribution in [0.1, 0.15) is 30.5 Å². The first-order valence-corrected chi connectivity index (χ1v) is 6.34. The molecule has 1 aromatic rings. The maximum atomic E-state index is 5.91. The van der Waals surface area contributed by atoms with E-state index in [0.717, 1.165) is 32.5 Å². The van der Waals surface area contributed by atoms with Gasteiger partial charge >= 0.3 is 0 Å². The van der Waals surface area contributed by atoms with Crippen molar-refractivity contribution in [3.05, 3.63) is 29.3 Å². The first kappa shape index (κ1) is 12.4. The molecule has 1 aliphatic rings. The summed E-state index contributed by atoms with van der Waals surface area (Å²) in [5, 5.41) is 0.